The van der Waals surface area contributed by atoms with Gasteiger partial charge in [-0.05, 0) is 62.1 Å². The number of pyridine rings is 1. The number of nitrogens with one attached hydrogen (secondary N) is 1. The van der Waals surface area contributed by atoms with Crippen molar-refractivity contribution in [1.82, 2.24) is 4.57 Å². The summed E-state index contributed by atoms with van der Waals surface area (Å²) in [7, 11) is 0. The van der Waals surface area contributed by atoms with Gasteiger partial charge < -0.3 is 9.88 Å². The molecule has 0 bridgehead atoms. The highest BCUT2D eigenvalue weighted by Gasteiger charge is 2.24. The van der Waals surface area contributed by atoms with Gasteiger partial charge in [0.25, 0.3) is 5.91 Å². The van der Waals surface area contributed by atoms with Crippen LogP contribution in [0.2, 0.25) is 5.02 Å². The van der Waals surface area contributed by atoms with Crippen LogP contribution in [0, 0.1) is 13.8 Å². The fourth-order valence-corrected chi connectivity index (χ4v) is 4.66. The van der Waals surface area contributed by atoms with E-state index in [-0.39, 0.29) is 11.0 Å². The summed E-state index contributed by atoms with van der Waals surface area (Å²) < 4.78 is 1.95. The maximum absolute atomic E-state index is 13.8. The Kier molecular flexibility index (Phi) is 7.23. The summed E-state index contributed by atoms with van der Waals surface area (Å²) in [5.41, 5.74) is 6.54. The van der Waals surface area contributed by atoms with Gasteiger partial charge in [0, 0.05) is 33.7 Å². The molecule has 3 aromatic carbocycles. The maximum atomic E-state index is 13.8. The fourth-order valence-electron chi connectivity index (χ4n) is 4.47. The van der Waals surface area contributed by atoms with E-state index in [1.54, 1.807) is 12.1 Å². The van der Waals surface area contributed by atoms with Gasteiger partial charge in [0.1, 0.15) is 5.56 Å². The Hall–Kier alpha value is -3.63. The summed E-state index contributed by atoms with van der Waals surface area (Å²) in [6, 6.07) is 22.8. The first-order valence-corrected chi connectivity index (χ1v) is 12.2. The average molecular weight is 485 g/mol. The third kappa shape index (κ3) is 4.94. The molecular weight excluding hydrogens is 456 g/mol. The van der Waals surface area contributed by atoms with Gasteiger partial charge in [0.2, 0.25) is 0 Å². The Morgan fingerprint density at radius 1 is 0.886 bits per heavy atom. The Morgan fingerprint density at radius 2 is 1.51 bits per heavy atom. The molecule has 1 amide bonds. The summed E-state index contributed by atoms with van der Waals surface area (Å²) in [6.45, 7) is 8.00. The lowest BCUT2D eigenvalue weighted by Crippen LogP contribution is -2.27. The van der Waals surface area contributed by atoms with Gasteiger partial charge in [0.05, 0.1) is 5.69 Å². The van der Waals surface area contributed by atoms with E-state index in [0.29, 0.717) is 16.3 Å². The van der Waals surface area contributed by atoms with E-state index in [0.717, 1.165) is 46.6 Å². The number of amides is 1. The predicted octanol–water partition coefficient (Wildman–Crippen LogP) is 7.15. The molecule has 5 heteroatoms. The molecule has 0 aliphatic heterocycles. The van der Waals surface area contributed by atoms with Gasteiger partial charge in [-0.1, -0.05) is 73.5 Å². The van der Waals surface area contributed by atoms with E-state index in [9.17, 15) is 9.59 Å². The minimum Gasteiger partial charge on any atom is -0.321 e. The summed E-state index contributed by atoms with van der Waals surface area (Å²) in [5, 5.41) is 3.62. The van der Waals surface area contributed by atoms with Gasteiger partial charge >= 0.3 is 0 Å². The molecule has 0 aliphatic carbocycles. The van der Waals surface area contributed by atoms with E-state index >= 15 is 0 Å². The number of hydrogen-bond acceptors (Lipinski definition) is 2. The number of carbonyl (C=O) groups excluding carboxylic acids is 1. The Balaban J connectivity index is 1.99. The Morgan fingerprint density at radius 3 is 2.11 bits per heavy atom. The zero-order chi connectivity index (χ0) is 25.1. The number of nitrogens with zero attached hydrogens (tertiary/aromatic N) is 1. The van der Waals surface area contributed by atoms with E-state index in [4.69, 9.17) is 11.6 Å². The molecule has 178 valence electrons. The lowest BCUT2D eigenvalue weighted by Gasteiger charge is -2.21. The number of carbonyl (C=O) groups is 1. The molecule has 0 spiro atoms. The van der Waals surface area contributed by atoms with Crippen molar-refractivity contribution in [2.45, 2.75) is 40.5 Å². The quantitative estimate of drug-likeness (QED) is 0.316. The van der Waals surface area contributed by atoms with E-state index in [2.05, 4.69) is 19.2 Å². The molecule has 0 aliphatic rings. The maximum Gasteiger partial charge on any atom is 0.261 e. The minimum absolute atomic E-state index is 0.0893. The number of aromatic nitrogens is 1. The number of halogens is 1. The first-order valence-electron chi connectivity index (χ1n) is 11.9. The van der Waals surface area contributed by atoms with Crippen LogP contribution in [-0.2, 0) is 12.8 Å². The molecule has 0 radical (unpaired) electrons. The SMILES string of the molecule is CCc1cccc(CC)c1NC(=O)c1c(-c2cccc(Cl)c2)n(-c2ccc(C)cc2)c(C)cc1=O. The smallest absolute Gasteiger partial charge is 0.261 e. The van der Waals surface area contributed by atoms with Gasteiger partial charge in [0.15, 0.2) is 5.43 Å². The normalized spacial score (nSPS) is 10.9. The lowest BCUT2D eigenvalue weighted by molar-refractivity contribution is 0.102. The van der Waals surface area contributed by atoms with Crippen LogP contribution < -0.4 is 10.7 Å². The lowest BCUT2D eigenvalue weighted by atomic mass is 10.00. The zero-order valence-electron chi connectivity index (χ0n) is 20.5. The molecule has 1 aromatic heterocycles. The summed E-state index contributed by atoms with van der Waals surface area (Å²) in [4.78, 5) is 27.2. The van der Waals surface area contributed by atoms with Gasteiger partial charge in [-0.15, -0.1) is 0 Å². The molecule has 0 unspecified atom stereocenters. The van der Waals surface area contributed by atoms with Crippen LogP contribution in [0.25, 0.3) is 16.9 Å². The first kappa shape index (κ1) is 24.5. The topological polar surface area (TPSA) is 51.1 Å². The second-order valence-corrected chi connectivity index (χ2v) is 9.10. The van der Waals surface area contributed by atoms with Crippen LogP contribution in [0.15, 0.2) is 77.6 Å². The standard InChI is InChI=1S/C30H29ClN2O2/c1-5-21-9-7-10-22(6-2)28(21)32-30(35)27-26(34)17-20(4)33(25-15-13-19(3)14-16-25)29(27)23-11-8-12-24(31)18-23/h7-18H,5-6H2,1-4H3,(H,32,35). The third-order valence-corrected chi connectivity index (χ3v) is 6.49. The summed E-state index contributed by atoms with van der Waals surface area (Å²) in [5.74, 6) is -0.429. The van der Waals surface area contributed by atoms with Crippen molar-refractivity contribution < 1.29 is 4.79 Å². The number of anilines is 1. The number of rotatable bonds is 6. The van der Waals surface area contributed by atoms with Crippen molar-refractivity contribution in [2.24, 2.45) is 0 Å². The van der Waals surface area contributed by atoms with Gasteiger partial charge in [-0.3, -0.25) is 9.59 Å². The van der Waals surface area contributed by atoms with E-state index in [1.807, 2.05) is 73.0 Å². The van der Waals surface area contributed by atoms with Crippen LogP contribution in [0.5, 0.6) is 0 Å². The van der Waals surface area contributed by atoms with Gasteiger partial charge in [-0.25, -0.2) is 0 Å². The second kappa shape index (κ2) is 10.3. The van der Waals surface area contributed by atoms with Gasteiger partial charge in [-0.2, -0.15) is 0 Å². The zero-order valence-corrected chi connectivity index (χ0v) is 21.2. The van der Waals surface area contributed by atoms with Crippen molar-refractivity contribution in [3.8, 4) is 16.9 Å². The molecule has 4 nitrogen and oxygen atoms in total. The first-order chi connectivity index (χ1) is 16.8. The largest absolute Gasteiger partial charge is 0.321 e. The van der Waals surface area contributed by atoms with Crippen LogP contribution >= 0.6 is 11.6 Å². The van der Waals surface area contributed by atoms with Crippen molar-refractivity contribution in [3.63, 3.8) is 0 Å². The molecule has 4 rings (SSSR count). The number of benzene rings is 3. The van der Waals surface area contributed by atoms with Crippen LogP contribution in [0.4, 0.5) is 5.69 Å². The number of para-hydroxylation sites is 1. The monoisotopic (exact) mass is 484 g/mol. The van der Waals surface area contributed by atoms with Crippen molar-refractivity contribution >= 4 is 23.2 Å². The average Bonchev–Trinajstić information content (AvgIpc) is 2.84. The molecule has 1 heterocycles. The highest BCUT2D eigenvalue weighted by atomic mass is 35.5. The number of aryl methyl sites for hydroxylation is 4. The molecule has 4 aromatic rings. The summed E-state index contributed by atoms with van der Waals surface area (Å²) in [6.07, 6.45) is 1.54. The fraction of sp³-hybridized carbons (Fsp3) is 0.200. The molecule has 1 N–H and O–H groups in total. The highest BCUT2D eigenvalue weighted by molar-refractivity contribution is 6.30. The van der Waals surface area contributed by atoms with Crippen LogP contribution in [-0.4, -0.2) is 10.5 Å². The predicted molar refractivity (Wildman–Crippen MR) is 145 cm³/mol. The Bertz CT molecular complexity index is 1430. The van der Waals surface area contributed by atoms with Crippen LogP contribution in [0.3, 0.4) is 0 Å². The molecular formula is C30H29ClN2O2. The third-order valence-electron chi connectivity index (χ3n) is 6.25. The molecule has 0 saturated heterocycles. The molecule has 0 saturated carbocycles. The molecule has 0 atom stereocenters. The Labute approximate surface area is 211 Å². The highest BCUT2D eigenvalue weighted by Crippen LogP contribution is 2.30. The summed E-state index contributed by atoms with van der Waals surface area (Å²) >= 11 is 6.35. The minimum atomic E-state index is -0.429. The van der Waals surface area contributed by atoms with E-state index < -0.39 is 5.91 Å². The van der Waals surface area contributed by atoms with Crippen molar-refractivity contribution in [3.05, 3.63) is 116 Å². The van der Waals surface area contributed by atoms with Crippen molar-refractivity contribution in [1.29, 1.82) is 0 Å². The second-order valence-electron chi connectivity index (χ2n) is 8.67. The molecule has 35 heavy (non-hydrogen) atoms. The molecule has 0 fully saturated rings. The number of hydrogen-bond donors (Lipinski definition) is 1. The van der Waals surface area contributed by atoms with Crippen molar-refractivity contribution in [2.75, 3.05) is 5.32 Å². The van der Waals surface area contributed by atoms with E-state index in [1.165, 1.54) is 6.07 Å². The van der Waals surface area contributed by atoms with Crippen LogP contribution in [0.1, 0.15) is 46.6 Å².